The molecule has 0 unspecified atom stereocenters. The van der Waals surface area contributed by atoms with Crippen molar-refractivity contribution in [1.29, 1.82) is 5.26 Å². The highest BCUT2D eigenvalue weighted by molar-refractivity contribution is 8.00. The van der Waals surface area contributed by atoms with Gasteiger partial charge in [-0.05, 0) is 47.8 Å². The van der Waals surface area contributed by atoms with Gasteiger partial charge in [0.05, 0.1) is 36.1 Å². The van der Waals surface area contributed by atoms with Crippen molar-refractivity contribution < 1.29 is 14.3 Å². The molecule has 0 atom stereocenters. The van der Waals surface area contributed by atoms with Crippen molar-refractivity contribution in [3.8, 4) is 39.3 Å². The van der Waals surface area contributed by atoms with Gasteiger partial charge in [-0.15, -0.1) is 11.3 Å². The van der Waals surface area contributed by atoms with Crippen LogP contribution in [0.3, 0.4) is 0 Å². The largest absolute Gasteiger partial charge is 0.497 e. The Morgan fingerprint density at radius 2 is 1.82 bits per heavy atom. The fraction of sp³-hybridized carbons (Fsp3) is 0.115. The lowest BCUT2D eigenvalue weighted by Gasteiger charge is -2.14. The van der Waals surface area contributed by atoms with E-state index in [0.29, 0.717) is 27.7 Å². The van der Waals surface area contributed by atoms with Crippen LogP contribution in [0.25, 0.3) is 21.7 Å². The number of para-hydroxylation sites is 1. The molecule has 5 nitrogen and oxygen atoms in total. The van der Waals surface area contributed by atoms with E-state index < -0.39 is 0 Å². The number of nitriles is 1. The Bertz CT molecular complexity index is 1310. The molecule has 2 heterocycles. The summed E-state index contributed by atoms with van der Waals surface area (Å²) in [7, 11) is 3.19. The highest BCUT2D eigenvalue weighted by Gasteiger charge is 2.19. The van der Waals surface area contributed by atoms with Crippen molar-refractivity contribution in [2.24, 2.45) is 0 Å². The summed E-state index contributed by atoms with van der Waals surface area (Å²) >= 11 is 2.84. The van der Waals surface area contributed by atoms with E-state index in [0.717, 1.165) is 21.7 Å². The van der Waals surface area contributed by atoms with E-state index in [1.807, 2.05) is 47.8 Å². The number of carbonyl (C=O) groups excluding carboxylic acids is 1. The van der Waals surface area contributed by atoms with Crippen LogP contribution in [0.5, 0.6) is 11.5 Å². The monoisotopic (exact) mass is 472 g/mol. The molecule has 0 aliphatic rings. The topological polar surface area (TPSA) is 72.2 Å². The summed E-state index contributed by atoms with van der Waals surface area (Å²) in [5, 5.41) is 12.5. The van der Waals surface area contributed by atoms with Crippen molar-refractivity contribution in [1.82, 2.24) is 4.98 Å². The quantitative estimate of drug-likeness (QED) is 0.220. The van der Waals surface area contributed by atoms with Gasteiger partial charge in [0.1, 0.15) is 22.6 Å². The van der Waals surface area contributed by atoms with Crippen LogP contribution >= 0.6 is 23.1 Å². The lowest BCUT2D eigenvalue weighted by atomic mass is 10.00. The molecule has 0 radical (unpaired) electrons. The first-order valence-electron chi connectivity index (χ1n) is 10.1. The number of Topliss-reactive ketones (excluding diaryl/α,β-unsaturated/α-hetero) is 1. The van der Waals surface area contributed by atoms with Gasteiger partial charge in [-0.2, -0.15) is 5.26 Å². The number of ketones is 1. The molecule has 7 heteroatoms. The number of rotatable bonds is 8. The zero-order valence-electron chi connectivity index (χ0n) is 18.1. The van der Waals surface area contributed by atoms with Gasteiger partial charge in [-0.25, -0.2) is 4.98 Å². The lowest BCUT2D eigenvalue weighted by molar-refractivity contribution is 0.102. The summed E-state index contributed by atoms with van der Waals surface area (Å²) in [6.45, 7) is 0. The number of carbonyl (C=O) groups is 1. The van der Waals surface area contributed by atoms with E-state index in [1.165, 1.54) is 11.8 Å². The molecular weight excluding hydrogens is 452 g/mol. The maximum Gasteiger partial charge on any atom is 0.173 e. The summed E-state index contributed by atoms with van der Waals surface area (Å²) in [5.74, 6) is 1.47. The fourth-order valence-corrected chi connectivity index (χ4v) is 4.94. The third kappa shape index (κ3) is 4.92. The number of benzene rings is 2. The maximum absolute atomic E-state index is 12.8. The third-order valence-corrected chi connectivity index (χ3v) is 6.89. The predicted octanol–water partition coefficient (Wildman–Crippen LogP) is 6.34. The van der Waals surface area contributed by atoms with E-state index in [2.05, 4.69) is 6.07 Å². The zero-order valence-corrected chi connectivity index (χ0v) is 19.7. The predicted molar refractivity (Wildman–Crippen MR) is 132 cm³/mol. The smallest absolute Gasteiger partial charge is 0.173 e. The molecule has 0 spiro atoms. The summed E-state index contributed by atoms with van der Waals surface area (Å²) in [4.78, 5) is 18.5. The lowest BCUT2D eigenvalue weighted by Crippen LogP contribution is -2.04. The highest BCUT2D eigenvalue weighted by Crippen LogP contribution is 2.39. The average molecular weight is 473 g/mol. The third-order valence-electron chi connectivity index (χ3n) is 5.02. The van der Waals surface area contributed by atoms with Crippen LogP contribution < -0.4 is 9.47 Å². The number of hydrogen-bond acceptors (Lipinski definition) is 7. The minimum Gasteiger partial charge on any atom is -0.497 e. The van der Waals surface area contributed by atoms with Crippen LogP contribution in [-0.2, 0) is 0 Å². The van der Waals surface area contributed by atoms with Crippen LogP contribution in [0, 0.1) is 11.3 Å². The van der Waals surface area contributed by atoms with Crippen molar-refractivity contribution >= 4 is 28.9 Å². The van der Waals surface area contributed by atoms with Crippen LogP contribution in [-0.4, -0.2) is 30.7 Å². The molecule has 4 rings (SSSR count). The van der Waals surface area contributed by atoms with Crippen molar-refractivity contribution in [3.63, 3.8) is 0 Å². The van der Waals surface area contributed by atoms with E-state index in [9.17, 15) is 10.1 Å². The number of thioether (sulfide) groups is 1. The molecule has 0 N–H and O–H groups in total. The summed E-state index contributed by atoms with van der Waals surface area (Å²) in [6, 6.07) is 22.7. The van der Waals surface area contributed by atoms with E-state index in [1.54, 1.807) is 49.8 Å². The molecule has 0 fully saturated rings. The summed E-state index contributed by atoms with van der Waals surface area (Å²) in [6.07, 6.45) is 0. The first kappa shape index (κ1) is 22.6. The zero-order chi connectivity index (χ0) is 23.2. The number of pyridine rings is 1. The highest BCUT2D eigenvalue weighted by atomic mass is 32.2. The first-order valence-corrected chi connectivity index (χ1v) is 11.9. The summed E-state index contributed by atoms with van der Waals surface area (Å²) < 4.78 is 10.7. The molecule has 2 aromatic heterocycles. The van der Waals surface area contributed by atoms with Crippen molar-refractivity contribution in [2.45, 2.75) is 5.03 Å². The molecule has 0 bridgehead atoms. The minimum atomic E-state index is -0.0475. The van der Waals surface area contributed by atoms with E-state index in [4.69, 9.17) is 14.5 Å². The molecule has 2 aromatic carbocycles. The molecule has 0 saturated heterocycles. The Morgan fingerprint density at radius 1 is 1.03 bits per heavy atom. The minimum absolute atomic E-state index is 0.0475. The standard InChI is InChI=1S/C26H20N2O3S2/c1-30-18-11-9-17(10-12-18)23(29)16-33-26-21(15-27)20(19-6-3-4-7-24(19)31-2)14-22(28-26)25-8-5-13-32-25/h3-14H,16H2,1-2H3. The number of methoxy groups -OCH3 is 2. The molecule has 0 aliphatic heterocycles. The number of hydrogen-bond donors (Lipinski definition) is 0. The molecule has 4 aromatic rings. The molecule has 0 saturated carbocycles. The summed E-state index contributed by atoms with van der Waals surface area (Å²) in [5.41, 5.74) is 3.30. The number of nitrogens with zero attached hydrogens (tertiary/aromatic N) is 2. The Labute approximate surface area is 200 Å². The Balaban J connectivity index is 1.74. The van der Waals surface area contributed by atoms with Gasteiger partial charge in [0.2, 0.25) is 0 Å². The Kier molecular flexibility index (Phi) is 7.08. The van der Waals surface area contributed by atoms with Crippen LogP contribution in [0.1, 0.15) is 15.9 Å². The Hall–Kier alpha value is -3.60. The van der Waals surface area contributed by atoms with Crippen LogP contribution in [0.2, 0.25) is 0 Å². The normalized spacial score (nSPS) is 10.5. The van der Waals surface area contributed by atoms with Crippen molar-refractivity contribution in [2.75, 3.05) is 20.0 Å². The average Bonchev–Trinajstić information content (AvgIpc) is 3.42. The van der Waals surface area contributed by atoms with Gasteiger partial charge in [0, 0.05) is 16.7 Å². The fourth-order valence-electron chi connectivity index (χ4n) is 3.36. The molecule has 0 amide bonds. The Morgan fingerprint density at radius 3 is 2.48 bits per heavy atom. The van der Waals surface area contributed by atoms with Gasteiger partial charge in [-0.3, -0.25) is 4.79 Å². The van der Waals surface area contributed by atoms with Crippen LogP contribution in [0.15, 0.2) is 77.1 Å². The SMILES string of the molecule is COc1ccc(C(=O)CSc2nc(-c3cccs3)cc(-c3ccccc3OC)c2C#N)cc1. The van der Waals surface area contributed by atoms with Gasteiger partial charge in [0.15, 0.2) is 5.78 Å². The first-order chi connectivity index (χ1) is 16.1. The molecule has 164 valence electrons. The van der Waals surface area contributed by atoms with Gasteiger partial charge < -0.3 is 9.47 Å². The second-order valence-electron chi connectivity index (χ2n) is 6.96. The number of ether oxygens (including phenoxy) is 2. The van der Waals surface area contributed by atoms with Gasteiger partial charge in [0.25, 0.3) is 0 Å². The molecular formula is C26H20N2O3S2. The number of thiophene rings is 1. The van der Waals surface area contributed by atoms with Gasteiger partial charge in [-0.1, -0.05) is 36.0 Å². The molecule has 33 heavy (non-hydrogen) atoms. The van der Waals surface area contributed by atoms with E-state index >= 15 is 0 Å². The van der Waals surface area contributed by atoms with Gasteiger partial charge >= 0.3 is 0 Å². The van der Waals surface area contributed by atoms with Crippen LogP contribution in [0.4, 0.5) is 0 Å². The maximum atomic E-state index is 12.8. The second-order valence-corrected chi connectivity index (χ2v) is 8.88. The number of aromatic nitrogens is 1. The van der Waals surface area contributed by atoms with E-state index in [-0.39, 0.29) is 11.5 Å². The van der Waals surface area contributed by atoms with Crippen molar-refractivity contribution in [3.05, 3.63) is 83.2 Å². The second kappa shape index (κ2) is 10.3. The molecule has 0 aliphatic carbocycles.